The van der Waals surface area contributed by atoms with Crippen molar-refractivity contribution in [2.75, 3.05) is 25.0 Å². The molecule has 1 N–H and O–H groups in total. The van der Waals surface area contributed by atoms with E-state index in [0.717, 1.165) is 19.4 Å². The lowest BCUT2D eigenvalue weighted by atomic mass is 10.0. The number of anilines is 1. The Hall–Kier alpha value is -1.82. The number of halogens is 3. The lowest BCUT2D eigenvalue weighted by Crippen LogP contribution is -2.41. The van der Waals surface area contributed by atoms with E-state index in [4.69, 9.17) is 23.2 Å². The molecule has 1 atom stereocenters. The third-order valence-corrected chi connectivity index (χ3v) is 5.51. The fourth-order valence-electron chi connectivity index (χ4n) is 3.34. The summed E-state index contributed by atoms with van der Waals surface area (Å²) in [5.74, 6) is -0.446. The molecule has 0 saturated carbocycles. The molecule has 1 fully saturated rings. The Morgan fingerprint density at radius 2 is 2.04 bits per heavy atom. The largest absolute Gasteiger partial charge is 0.465 e. The summed E-state index contributed by atoms with van der Waals surface area (Å²) in [6, 6.07) is 9.16. The van der Waals surface area contributed by atoms with E-state index in [1.807, 2.05) is 7.05 Å². The molecular weight excluding hydrogens is 378 g/mol. The molecule has 0 aliphatic carbocycles. The van der Waals surface area contributed by atoms with Crippen LogP contribution in [0.2, 0.25) is 10.0 Å². The maximum atomic E-state index is 13.9. The molecule has 1 aliphatic heterocycles. The maximum Gasteiger partial charge on any atom is 0.411 e. The number of carbonyl (C=O) groups is 1. The molecule has 1 heterocycles. The Bertz CT molecular complexity index is 831. The van der Waals surface area contributed by atoms with Gasteiger partial charge in [-0.3, -0.25) is 4.90 Å². The molecule has 1 aliphatic rings. The van der Waals surface area contributed by atoms with E-state index >= 15 is 0 Å². The van der Waals surface area contributed by atoms with Crippen LogP contribution in [0, 0.1) is 5.82 Å². The molecule has 0 spiro atoms. The van der Waals surface area contributed by atoms with Crippen LogP contribution in [0.4, 0.5) is 14.9 Å². The molecule has 2 aromatic carbocycles. The summed E-state index contributed by atoms with van der Waals surface area (Å²) in [6.07, 6.45) is 0.902. The first-order valence-corrected chi connectivity index (χ1v) is 9.08. The van der Waals surface area contributed by atoms with Gasteiger partial charge in [-0.2, -0.15) is 0 Å². The fourth-order valence-corrected chi connectivity index (χ4v) is 3.64. The van der Waals surface area contributed by atoms with Crippen LogP contribution in [-0.4, -0.2) is 42.3 Å². The van der Waals surface area contributed by atoms with Crippen LogP contribution in [0.5, 0.6) is 0 Å². The zero-order valence-corrected chi connectivity index (χ0v) is 15.8. The van der Waals surface area contributed by atoms with Gasteiger partial charge in [0.15, 0.2) is 0 Å². The zero-order chi connectivity index (χ0) is 18.8. The number of carboxylic acid groups (broad SMARTS) is 1. The van der Waals surface area contributed by atoms with Crippen LogP contribution in [0.1, 0.15) is 12.8 Å². The summed E-state index contributed by atoms with van der Waals surface area (Å²) in [7, 11) is 1.99. The Balaban J connectivity index is 2.04. The van der Waals surface area contributed by atoms with Gasteiger partial charge in [-0.15, -0.1) is 0 Å². The van der Waals surface area contributed by atoms with Gasteiger partial charge in [0.25, 0.3) is 0 Å². The van der Waals surface area contributed by atoms with Gasteiger partial charge in [-0.1, -0.05) is 29.3 Å². The predicted molar refractivity (Wildman–Crippen MR) is 103 cm³/mol. The molecule has 4 nitrogen and oxygen atoms in total. The first kappa shape index (κ1) is 19.0. The molecule has 26 heavy (non-hydrogen) atoms. The number of amides is 1. The first-order valence-electron chi connectivity index (χ1n) is 8.32. The number of rotatable bonds is 4. The third kappa shape index (κ3) is 3.95. The molecule has 0 bridgehead atoms. The minimum absolute atomic E-state index is 0.137. The van der Waals surface area contributed by atoms with E-state index in [-0.39, 0.29) is 6.04 Å². The summed E-state index contributed by atoms with van der Waals surface area (Å²) in [5.41, 5.74) is 1.50. The van der Waals surface area contributed by atoms with Gasteiger partial charge >= 0.3 is 6.09 Å². The van der Waals surface area contributed by atoms with Gasteiger partial charge in [-0.25, -0.2) is 9.18 Å². The molecule has 7 heteroatoms. The molecular formula is C19H19Cl2FN2O2. The van der Waals surface area contributed by atoms with Crippen molar-refractivity contribution >= 4 is 35.0 Å². The summed E-state index contributed by atoms with van der Waals surface area (Å²) < 4.78 is 13.9. The van der Waals surface area contributed by atoms with Crippen LogP contribution < -0.4 is 4.90 Å². The minimum Gasteiger partial charge on any atom is -0.465 e. The third-order valence-electron chi connectivity index (χ3n) is 4.78. The van der Waals surface area contributed by atoms with Crippen molar-refractivity contribution in [3.8, 4) is 11.1 Å². The number of nitrogens with zero attached hydrogens (tertiary/aromatic N) is 2. The molecule has 2 aromatic rings. The fraction of sp³-hybridized carbons (Fsp3) is 0.316. The van der Waals surface area contributed by atoms with Crippen molar-refractivity contribution < 1.29 is 14.3 Å². The van der Waals surface area contributed by atoms with Crippen molar-refractivity contribution in [3.05, 3.63) is 52.3 Å². The summed E-state index contributed by atoms with van der Waals surface area (Å²) in [6.45, 7) is 1.27. The Kier molecular flexibility index (Phi) is 5.70. The molecule has 1 amide bonds. The highest BCUT2D eigenvalue weighted by atomic mass is 35.5. The number of benzene rings is 2. The zero-order valence-electron chi connectivity index (χ0n) is 14.3. The topological polar surface area (TPSA) is 43.8 Å². The van der Waals surface area contributed by atoms with Gasteiger partial charge in [0, 0.05) is 18.2 Å². The second-order valence-electron chi connectivity index (χ2n) is 6.46. The first-order chi connectivity index (χ1) is 12.4. The van der Waals surface area contributed by atoms with Crippen molar-refractivity contribution in [1.29, 1.82) is 0 Å². The summed E-state index contributed by atoms with van der Waals surface area (Å²) in [4.78, 5) is 15.4. The van der Waals surface area contributed by atoms with E-state index in [0.29, 0.717) is 33.4 Å². The van der Waals surface area contributed by atoms with Crippen LogP contribution in [-0.2, 0) is 0 Å². The molecule has 3 rings (SSSR count). The van der Waals surface area contributed by atoms with Gasteiger partial charge < -0.3 is 10.0 Å². The molecule has 1 saturated heterocycles. The smallest absolute Gasteiger partial charge is 0.411 e. The van der Waals surface area contributed by atoms with Crippen LogP contribution in [0.3, 0.4) is 0 Å². The van der Waals surface area contributed by atoms with Crippen molar-refractivity contribution in [3.63, 3.8) is 0 Å². The van der Waals surface area contributed by atoms with E-state index in [1.54, 1.807) is 18.2 Å². The lowest BCUT2D eigenvalue weighted by Gasteiger charge is -2.28. The highest BCUT2D eigenvalue weighted by Crippen LogP contribution is 2.36. The van der Waals surface area contributed by atoms with E-state index in [2.05, 4.69) is 4.90 Å². The van der Waals surface area contributed by atoms with Gasteiger partial charge in [0.1, 0.15) is 5.82 Å². The van der Waals surface area contributed by atoms with Crippen molar-refractivity contribution in [2.45, 2.75) is 18.9 Å². The highest BCUT2D eigenvalue weighted by molar-refractivity contribution is 6.42. The second-order valence-corrected chi connectivity index (χ2v) is 7.27. The van der Waals surface area contributed by atoms with Gasteiger partial charge in [0.05, 0.1) is 15.7 Å². The normalized spacial score (nSPS) is 17.5. The van der Waals surface area contributed by atoms with Gasteiger partial charge in [0.2, 0.25) is 0 Å². The Labute approximate surface area is 161 Å². The van der Waals surface area contributed by atoms with Crippen LogP contribution >= 0.6 is 23.2 Å². The van der Waals surface area contributed by atoms with Gasteiger partial charge in [-0.05, 0) is 62.3 Å². The van der Waals surface area contributed by atoms with Crippen molar-refractivity contribution in [1.82, 2.24) is 4.90 Å². The highest BCUT2D eigenvalue weighted by Gasteiger charge is 2.28. The Morgan fingerprint density at radius 3 is 2.65 bits per heavy atom. The number of hydrogen-bond acceptors (Lipinski definition) is 2. The van der Waals surface area contributed by atoms with Crippen LogP contribution in [0.25, 0.3) is 11.1 Å². The number of likely N-dealkylation sites (N-methyl/N-ethyl adjacent to an activating group) is 1. The SMILES string of the molecule is CN1CCC[C@H]1CN(C(=O)O)c1ccc(F)cc1-c1ccc(Cl)c(Cl)c1. The lowest BCUT2D eigenvalue weighted by molar-refractivity contribution is 0.198. The Morgan fingerprint density at radius 1 is 1.27 bits per heavy atom. The molecule has 0 unspecified atom stereocenters. The number of likely N-dealkylation sites (tertiary alicyclic amines) is 1. The quantitative estimate of drug-likeness (QED) is 0.754. The molecule has 138 valence electrons. The molecule has 0 aromatic heterocycles. The molecule has 0 radical (unpaired) electrons. The summed E-state index contributed by atoms with van der Waals surface area (Å²) >= 11 is 12.1. The van der Waals surface area contributed by atoms with Crippen molar-refractivity contribution in [2.24, 2.45) is 0 Å². The van der Waals surface area contributed by atoms with E-state index in [9.17, 15) is 14.3 Å². The number of hydrogen-bond donors (Lipinski definition) is 1. The predicted octanol–water partition coefficient (Wildman–Crippen LogP) is 5.38. The summed E-state index contributed by atoms with van der Waals surface area (Å²) in [5, 5.41) is 10.5. The van der Waals surface area contributed by atoms with Crippen LogP contribution in [0.15, 0.2) is 36.4 Å². The minimum atomic E-state index is -1.07. The average molecular weight is 397 g/mol. The average Bonchev–Trinajstić information content (AvgIpc) is 3.00. The monoisotopic (exact) mass is 396 g/mol. The van der Waals surface area contributed by atoms with E-state index < -0.39 is 11.9 Å². The van der Waals surface area contributed by atoms with E-state index in [1.165, 1.54) is 23.1 Å². The standard InChI is InChI=1S/C19H19Cl2FN2O2/c1-23-8-2-3-14(23)11-24(19(25)26)18-7-5-13(22)10-15(18)12-4-6-16(20)17(21)9-12/h4-7,9-10,14H,2-3,8,11H2,1H3,(H,25,26)/t14-/m0/s1. The maximum absolute atomic E-state index is 13.9. The second kappa shape index (κ2) is 7.82.